The van der Waals surface area contributed by atoms with Gasteiger partial charge in [-0.1, -0.05) is 0 Å². The van der Waals surface area contributed by atoms with Gasteiger partial charge >= 0.3 is 11.2 Å². The quantitative estimate of drug-likeness (QED) is 0.328. The standard InChI is InChI=1S/C22H15F4N3O2S/c23-16-3-1-15(2-4-16)19-11-14(9-10-27-19)12-28-13-20(30)29(21(28)31)17-5-7-18(8-6-17)32-22(24,25)26/h1-11,13,30H,12H2. The number of pyridine rings is 1. The van der Waals surface area contributed by atoms with Crippen molar-refractivity contribution in [1.82, 2.24) is 14.1 Å². The molecule has 4 rings (SSSR count). The molecule has 2 aromatic carbocycles. The van der Waals surface area contributed by atoms with Crippen LogP contribution in [0, 0.1) is 5.82 Å². The molecule has 0 unspecified atom stereocenters. The molecule has 0 saturated carbocycles. The highest BCUT2D eigenvalue weighted by Crippen LogP contribution is 2.37. The summed E-state index contributed by atoms with van der Waals surface area (Å²) in [4.78, 5) is 17.1. The summed E-state index contributed by atoms with van der Waals surface area (Å²) < 4.78 is 52.9. The second kappa shape index (κ2) is 8.54. The third-order valence-corrected chi connectivity index (χ3v) is 5.32. The predicted molar refractivity (Wildman–Crippen MR) is 112 cm³/mol. The molecule has 1 N–H and O–H groups in total. The van der Waals surface area contributed by atoms with Gasteiger partial charge in [-0.25, -0.2) is 13.8 Å². The number of aromatic hydroxyl groups is 1. The van der Waals surface area contributed by atoms with Crippen LogP contribution in [0.4, 0.5) is 17.6 Å². The number of hydrogen-bond acceptors (Lipinski definition) is 4. The highest BCUT2D eigenvalue weighted by Gasteiger charge is 2.29. The number of nitrogens with zero attached hydrogens (tertiary/aromatic N) is 3. The van der Waals surface area contributed by atoms with Crippen molar-refractivity contribution in [3.8, 4) is 22.8 Å². The lowest BCUT2D eigenvalue weighted by Crippen LogP contribution is -2.23. The van der Waals surface area contributed by atoms with E-state index in [0.717, 1.165) is 10.1 Å². The molecule has 0 amide bonds. The van der Waals surface area contributed by atoms with Gasteiger partial charge in [0.15, 0.2) is 0 Å². The molecule has 0 aliphatic carbocycles. The Hall–Kier alpha value is -3.53. The molecule has 0 fully saturated rings. The number of thioether (sulfide) groups is 1. The zero-order chi connectivity index (χ0) is 22.9. The molecular weight excluding hydrogens is 446 g/mol. The summed E-state index contributed by atoms with van der Waals surface area (Å²) in [6.07, 6.45) is 2.81. The van der Waals surface area contributed by atoms with Crippen molar-refractivity contribution in [2.45, 2.75) is 16.9 Å². The van der Waals surface area contributed by atoms with Gasteiger partial charge in [-0.05, 0) is 78.0 Å². The Kier molecular flexibility index (Phi) is 5.79. The minimum Gasteiger partial charge on any atom is -0.493 e. The van der Waals surface area contributed by atoms with Crippen LogP contribution in [0.2, 0.25) is 0 Å². The zero-order valence-electron chi connectivity index (χ0n) is 16.3. The van der Waals surface area contributed by atoms with E-state index in [1.54, 1.807) is 30.5 Å². The number of rotatable bonds is 5. The Balaban J connectivity index is 1.59. The SMILES string of the molecule is O=c1n(Cc2ccnc(-c3ccc(F)cc3)c2)cc(O)n1-c1ccc(SC(F)(F)F)cc1. The minimum atomic E-state index is -4.42. The second-order valence-electron chi connectivity index (χ2n) is 6.83. The van der Waals surface area contributed by atoms with E-state index in [-0.39, 0.29) is 40.6 Å². The van der Waals surface area contributed by atoms with Crippen LogP contribution in [-0.4, -0.2) is 24.7 Å². The van der Waals surface area contributed by atoms with Crippen LogP contribution >= 0.6 is 11.8 Å². The fraction of sp³-hybridized carbons (Fsp3) is 0.0909. The predicted octanol–water partition coefficient (Wildman–Crippen LogP) is 5.21. The Labute approximate surface area is 183 Å². The summed E-state index contributed by atoms with van der Waals surface area (Å²) in [6, 6.07) is 14.4. The van der Waals surface area contributed by atoms with Gasteiger partial charge in [-0.2, -0.15) is 13.2 Å². The van der Waals surface area contributed by atoms with E-state index in [4.69, 9.17) is 0 Å². The summed E-state index contributed by atoms with van der Waals surface area (Å²) in [7, 11) is 0. The molecule has 4 aromatic rings. The van der Waals surface area contributed by atoms with E-state index >= 15 is 0 Å². The molecule has 164 valence electrons. The number of halogens is 4. The molecule has 2 heterocycles. The number of aromatic nitrogens is 3. The van der Waals surface area contributed by atoms with E-state index < -0.39 is 11.2 Å². The molecule has 0 saturated heterocycles. The number of hydrogen-bond donors (Lipinski definition) is 1. The minimum absolute atomic E-state index is 0.0293. The van der Waals surface area contributed by atoms with Crippen LogP contribution in [0.1, 0.15) is 5.56 Å². The molecular formula is C22H15F4N3O2S. The average Bonchev–Trinajstić information content (AvgIpc) is 3.01. The van der Waals surface area contributed by atoms with Gasteiger partial charge in [0.1, 0.15) is 5.82 Å². The van der Waals surface area contributed by atoms with E-state index in [9.17, 15) is 27.5 Å². The first-order valence-corrected chi connectivity index (χ1v) is 10.1. The first-order valence-electron chi connectivity index (χ1n) is 9.28. The molecule has 32 heavy (non-hydrogen) atoms. The first-order chi connectivity index (χ1) is 15.2. The number of alkyl halides is 3. The van der Waals surface area contributed by atoms with Crippen LogP contribution in [0.15, 0.2) is 82.7 Å². The fourth-order valence-corrected chi connectivity index (χ4v) is 3.72. The van der Waals surface area contributed by atoms with Gasteiger partial charge < -0.3 is 5.11 Å². The van der Waals surface area contributed by atoms with Crippen LogP contribution in [0.3, 0.4) is 0 Å². The fourth-order valence-electron chi connectivity index (χ4n) is 3.18. The molecule has 2 aromatic heterocycles. The van der Waals surface area contributed by atoms with Gasteiger partial charge in [-0.3, -0.25) is 9.55 Å². The van der Waals surface area contributed by atoms with Gasteiger partial charge in [0, 0.05) is 16.7 Å². The molecule has 10 heteroatoms. The molecule has 0 radical (unpaired) electrons. The van der Waals surface area contributed by atoms with Gasteiger partial charge in [0.2, 0.25) is 5.88 Å². The van der Waals surface area contributed by atoms with Gasteiger partial charge in [-0.15, -0.1) is 0 Å². The molecule has 0 aliphatic rings. The summed E-state index contributed by atoms with van der Waals surface area (Å²) in [5, 5.41) is 10.3. The maximum Gasteiger partial charge on any atom is 0.446 e. The largest absolute Gasteiger partial charge is 0.493 e. The summed E-state index contributed by atoms with van der Waals surface area (Å²) in [5.41, 5.74) is -2.72. The van der Waals surface area contributed by atoms with Crippen LogP contribution < -0.4 is 5.69 Å². The van der Waals surface area contributed by atoms with Crippen molar-refractivity contribution >= 4 is 11.8 Å². The molecule has 0 atom stereocenters. The van der Waals surface area contributed by atoms with Crippen LogP contribution in [0.25, 0.3) is 16.9 Å². The maximum absolute atomic E-state index is 13.2. The topological polar surface area (TPSA) is 60.1 Å². The highest BCUT2D eigenvalue weighted by atomic mass is 32.2. The normalized spacial score (nSPS) is 11.6. The highest BCUT2D eigenvalue weighted by molar-refractivity contribution is 8.00. The van der Waals surface area contributed by atoms with Crippen molar-refractivity contribution < 1.29 is 22.7 Å². The number of benzene rings is 2. The molecule has 0 bridgehead atoms. The van der Waals surface area contributed by atoms with Crippen molar-refractivity contribution in [3.05, 3.63) is 94.9 Å². The lowest BCUT2D eigenvalue weighted by Gasteiger charge is -2.07. The van der Waals surface area contributed by atoms with Crippen molar-refractivity contribution in [2.75, 3.05) is 0 Å². The Bertz CT molecular complexity index is 1300. The van der Waals surface area contributed by atoms with E-state index in [1.807, 2.05) is 0 Å². The Morgan fingerprint density at radius 3 is 2.34 bits per heavy atom. The van der Waals surface area contributed by atoms with Crippen LogP contribution in [0.5, 0.6) is 5.88 Å². The van der Waals surface area contributed by atoms with E-state index in [0.29, 0.717) is 11.3 Å². The summed E-state index contributed by atoms with van der Waals surface area (Å²) in [6.45, 7) is 0.123. The van der Waals surface area contributed by atoms with Crippen molar-refractivity contribution in [1.29, 1.82) is 0 Å². The van der Waals surface area contributed by atoms with Crippen molar-refractivity contribution in [2.24, 2.45) is 0 Å². The second-order valence-corrected chi connectivity index (χ2v) is 7.97. The Morgan fingerprint density at radius 2 is 1.69 bits per heavy atom. The lowest BCUT2D eigenvalue weighted by molar-refractivity contribution is -0.0328. The molecule has 0 spiro atoms. The van der Waals surface area contributed by atoms with Crippen molar-refractivity contribution in [3.63, 3.8) is 0 Å². The number of imidazole rings is 1. The monoisotopic (exact) mass is 461 g/mol. The molecule has 0 aliphatic heterocycles. The summed E-state index contributed by atoms with van der Waals surface area (Å²) >= 11 is -0.262. The smallest absolute Gasteiger partial charge is 0.446 e. The van der Waals surface area contributed by atoms with Gasteiger partial charge in [0.25, 0.3) is 0 Å². The first kappa shape index (κ1) is 21.7. The van der Waals surface area contributed by atoms with E-state index in [2.05, 4.69) is 4.98 Å². The van der Waals surface area contributed by atoms with Crippen LogP contribution in [-0.2, 0) is 6.54 Å². The average molecular weight is 461 g/mol. The lowest BCUT2D eigenvalue weighted by atomic mass is 10.1. The maximum atomic E-state index is 13.2. The zero-order valence-corrected chi connectivity index (χ0v) is 17.1. The third kappa shape index (κ3) is 4.86. The van der Waals surface area contributed by atoms with Gasteiger partial charge in [0.05, 0.1) is 24.1 Å². The summed E-state index contributed by atoms with van der Waals surface area (Å²) in [5.74, 6) is -0.711. The van der Waals surface area contributed by atoms with E-state index in [1.165, 1.54) is 47.2 Å². The molecule has 5 nitrogen and oxygen atoms in total. The Morgan fingerprint density at radius 1 is 1.00 bits per heavy atom. The third-order valence-electron chi connectivity index (χ3n) is 4.58.